The van der Waals surface area contributed by atoms with Gasteiger partial charge in [0.2, 0.25) is 0 Å². The Morgan fingerprint density at radius 2 is 2.00 bits per heavy atom. The standard InChI is InChI=1S/C11H13ClO2/c12-14-9-5-6-11(13)10(7-9)8-3-1-2-4-8/h5-8,13H,1-4H2. The molecule has 2 rings (SSSR count). The first-order chi connectivity index (χ1) is 6.81. The van der Waals surface area contributed by atoms with Crippen molar-refractivity contribution in [1.82, 2.24) is 0 Å². The molecule has 1 N–H and O–H groups in total. The molecular weight excluding hydrogens is 200 g/mol. The summed E-state index contributed by atoms with van der Waals surface area (Å²) >= 11 is 5.28. The predicted octanol–water partition coefficient (Wildman–Crippen LogP) is 3.58. The van der Waals surface area contributed by atoms with Gasteiger partial charge in [0.1, 0.15) is 23.4 Å². The van der Waals surface area contributed by atoms with E-state index in [2.05, 4.69) is 4.29 Å². The molecule has 1 aromatic carbocycles. The molecule has 2 nitrogen and oxygen atoms in total. The third kappa shape index (κ3) is 1.80. The Kier molecular flexibility index (Phi) is 2.82. The van der Waals surface area contributed by atoms with Crippen LogP contribution in [0.5, 0.6) is 11.5 Å². The van der Waals surface area contributed by atoms with E-state index in [1.54, 1.807) is 12.1 Å². The zero-order valence-corrected chi connectivity index (χ0v) is 8.63. The number of benzene rings is 1. The highest BCUT2D eigenvalue weighted by atomic mass is 35.5. The molecule has 14 heavy (non-hydrogen) atoms. The monoisotopic (exact) mass is 212 g/mol. The molecular formula is C11H13ClO2. The predicted molar refractivity (Wildman–Crippen MR) is 55.8 cm³/mol. The summed E-state index contributed by atoms with van der Waals surface area (Å²) < 4.78 is 4.63. The fourth-order valence-electron chi connectivity index (χ4n) is 2.14. The van der Waals surface area contributed by atoms with Gasteiger partial charge in [-0.25, -0.2) is 0 Å². The summed E-state index contributed by atoms with van der Waals surface area (Å²) in [4.78, 5) is 0. The number of halogens is 1. The van der Waals surface area contributed by atoms with Crippen LogP contribution < -0.4 is 4.29 Å². The van der Waals surface area contributed by atoms with Crippen molar-refractivity contribution in [2.24, 2.45) is 0 Å². The van der Waals surface area contributed by atoms with Crippen LogP contribution >= 0.6 is 11.9 Å². The Morgan fingerprint density at radius 1 is 1.29 bits per heavy atom. The zero-order chi connectivity index (χ0) is 9.97. The highest BCUT2D eigenvalue weighted by Crippen LogP contribution is 2.39. The van der Waals surface area contributed by atoms with Gasteiger partial charge in [0.15, 0.2) is 0 Å². The van der Waals surface area contributed by atoms with Crippen molar-refractivity contribution < 1.29 is 9.40 Å². The molecule has 0 aromatic heterocycles. The van der Waals surface area contributed by atoms with Gasteiger partial charge >= 0.3 is 0 Å². The Balaban J connectivity index is 2.29. The first kappa shape index (κ1) is 9.66. The van der Waals surface area contributed by atoms with Crippen molar-refractivity contribution in [2.75, 3.05) is 0 Å². The summed E-state index contributed by atoms with van der Waals surface area (Å²) in [6.07, 6.45) is 4.80. The van der Waals surface area contributed by atoms with E-state index in [4.69, 9.17) is 11.9 Å². The Morgan fingerprint density at radius 3 is 2.64 bits per heavy atom. The lowest BCUT2D eigenvalue weighted by Crippen LogP contribution is -1.93. The third-order valence-corrected chi connectivity index (χ3v) is 3.06. The summed E-state index contributed by atoms with van der Waals surface area (Å²) in [5.41, 5.74) is 0.973. The summed E-state index contributed by atoms with van der Waals surface area (Å²) in [5.74, 6) is 1.43. The van der Waals surface area contributed by atoms with Gasteiger partial charge in [0.05, 0.1) is 0 Å². The number of aromatic hydroxyl groups is 1. The van der Waals surface area contributed by atoms with Crippen LogP contribution in [0.3, 0.4) is 0 Å². The van der Waals surface area contributed by atoms with Crippen LogP contribution in [0.15, 0.2) is 18.2 Å². The fourth-order valence-corrected chi connectivity index (χ4v) is 2.24. The molecule has 1 fully saturated rings. The average molecular weight is 213 g/mol. The van der Waals surface area contributed by atoms with Crippen molar-refractivity contribution in [3.05, 3.63) is 23.8 Å². The second-order valence-corrected chi connectivity index (χ2v) is 3.93. The molecule has 1 aromatic rings. The van der Waals surface area contributed by atoms with Gasteiger partial charge < -0.3 is 9.40 Å². The molecule has 1 aliphatic rings. The van der Waals surface area contributed by atoms with Gasteiger partial charge in [-0.1, -0.05) is 12.8 Å². The Labute approximate surface area is 88.6 Å². The molecule has 1 aliphatic carbocycles. The number of hydrogen-bond donors (Lipinski definition) is 1. The SMILES string of the molecule is Oc1ccc(OCl)cc1C1CCCC1. The molecule has 0 aliphatic heterocycles. The molecule has 0 saturated heterocycles. The van der Waals surface area contributed by atoms with E-state index in [1.807, 2.05) is 6.07 Å². The summed E-state index contributed by atoms with van der Waals surface area (Å²) in [6, 6.07) is 5.14. The van der Waals surface area contributed by atoms with E-state index in [0.717, 1.165) is 18.4 Å². The molecule has 0 bridgehead atoms. The van der Waals surface area contributed by atoms with E-state index in [0.29, 0.717) is 17.4 Å². The van der Waals surface area contributed by atoms with Crippen molar-refractivity contribution in [3.8, 4) is 11.5 Å². The summed E-state index contributed by atoms with van der Waals surface area (Å²) in [6.45, 7) is 0. The summed E-state index contributed by atoms with van der Waals surface area (Å²) in [7, 11) is 0. The van der Waals surface area contributed by atoms with Crippen LogP contribution in [-0.2, 0) is 0 Å². The van der Waals surface area contributed by atoms with Gasteiger partial charge in [-0.15, -0.1) is 0 Å². The molecule has 3 heteroatoms. The van der Waals surface area contributed by atoms with Crippen molar-refractivity contribution in [2.45, 2.75) is 31.6 Å². The van der Waals surface area contributed by atoms with Crippen LogP contribution in [0.4, 0.5) is 0 Å². The first-order valence-electron chi connectivity index (χ1n) is 4.93. The zero-order valence-electron chi connectivity index (χ0n) is 7.87. The van der Waals surface area contributed by atoms with Crippen molar-refractivity contribution >= 4 is 11.9 Å². The highest BCUT2D eigenvalue weighted by molar-refractivity contribution is 6.09. The van der Waals surface area contributed by atoms with Crippen LogP contribution in [0.25, 0.3) is 0 Å². The van der Waals surface area contributed by atoms with E-state index < -0.39 is 0 Å². The largest absolute Gasteiger partial charge is 0.508 e. The van der Waals surface area contributed by atoms with Crippen LogP contribution in [0.1, 0.15) is 37.2 Å². The van der Waals surface area contributed by atoms with Gasteiger partial charge in [0.25, 0.3) is 0 Å². The molecule has 0 heterocycles. The fraction of sp³-hybridized carbons (Fsp3) is 0.455. The second kappa shape index (κ2) is 4.09. The van der Waals surface area contributed by atoms with E-state index in [9.17, 15) is 5.11 Å². The lowest BCUT2D eigenvalue weighted by molar-refractivity contribution is 0.459. The molecule has 0 unspecified atom stereocenters. The number of phenolic OH excluding ortho intramolecular Hbond substituents is 1. The molecule has 0 atom stereocenters. The minimum absolute atomic E-state index is 0.356. The van der Waals surface area contributed by atoms with Crippen LogP contribution in [0, 0.1) is 0 Å². The Bertz CT molecular complexity index is 319. The van der Waals surface area contributed by atoms with Gasteiger partial charge in [-0.05, 0) is 37.0 Å². The highest BCUT2D eigenvalue weighted by Gasteiger charge is 2.20. The maximum Gasteiger partial charge on any atom is 0.146 e. The minimum Gasteiger partial charge on any atom is -0.508 e. The van der Waals surface area contributed by atoms with Crippen molar-refractivity contribution in [1.29, 1.82) is 0 Å². The Hall–Kier alpha value is -0.890. The molecule has 0 radical (unpaired) electrons. The molecule has 1 saturated carbocycles. The molecule has 0 amide bonds. The van der Waals surface area contributed by atoms with E-state index in [-0.39, 0.29) is 0 Å². The normalized spacial score (nSPS) is 17.2. The first-order valence-corrected chi connectivity index (χ1v) is 5.23. The lowest BCUT2D eigenvalue weighted by atomic mass is 9.96. The van der Waals surface area contributed by atoms with E-state index >= 15 is 0 Å². The molecule has 76 valence electrons. The topological polar surface area (TPSA) is 29.5 Å². The smallest absolute Gasteiger partial charge is 0.146 e. The quantitative estimate of drug-likeness (QED) is 0.812. The number of rotatable bonds is 2. The van der Waals surface area contributed by atoms with Gasteiger partial charge in [-0.2, -0.15) is 0 Å². The maximum atomic E-state index is 9.69. The van der Waals surface area contributed by atoms with Crippen LogP contribution in [0.2, 0.25) is 0 Å². The average Bonchev–Trinajstić information content (AvgIpc) is 2.71. The van der Waals surface area contributed by atoms with E-state index in [1.165, 1.54) is 12.8 Å². The number of hydrogen-bond acceptors (Lipinski definition) is 2. The minimum atomic E-state index is 0.356. The number of phenols is 1. The van der Waals surface area contributed by atoms with Gasteiger partial charge in [0, 0.05) is 5.56 Å². The lowest BCUT2D eigenvalue weighted by Gasteiger charge is -2.12. The second-order valence-electron chi connectivity index (χ2n) is 3.78. The third-order valence-electron chi connectivity index (χ3n) is 2.88. The van der Waals surface area contributed by atoms with Crippen molar-refractivity contribution in [3.63, 3.8) is 0 Å². The van der Waals surface area contributed by atoms with Crippen LogP contribution in [-0.4, -0.2) is 5.11 Å². The maximum absolute atomic E-state index is 9.69. The molecule has 0 spiro atoms. The summed E-state index contributed by atoms with van der Waals surface area (Å²) in [5, 5.41) is 9.69. The van der Waals surface area contributed by atoms with Gasteiger partial charge in [-0.3, -0.25) is 0 Å².